The molecule has 25 heavy (non-hydrogen) atoms. The number of nitrogens with zero attached hydrogens (tertiary/aromatic N) is 1. The summed E-state index contributed by atoms with van der Waals surface area (Å²) in [6.45, 7) is 2.05. The Morgan fingerprint density at radius 3 is 2.44 bits per heavy atom. The molecule has 0 amide bonds. The number of thiazole rings is 1. The maximum absolute atomic E-state index is 12.1. The summed E-state index contributed by atoms with van der Waals surface area (Å²) in [5, 5.41) is 2.98. The Hall–Kier alpha value is -2.38. The topological polar surface area (TPSA) is 68.3 Å². The second-order valence-electron chi connectivity index (χ2n) is 5.41. The molecule has 1 N–H and O–H groups in total. The van der Waals surface area contributed by atoms with Crippen molar-refractivity contribution < 1.29 is 13.2 Å². The quantitative estimate of drug-likeness (QED) is 0.680. The molecular formula is C18H18N2O3S2. The van der Waals surface area contributed by atoms with Gasteiger partial charge in [-0.2, -0.15) is 0 Å². The van der Waals surface area contributed by atoms with Crippen molar-refractivity contribution in [1.82, 2.24) is 4.98 Å². The summed E-state index contributed by atoms with van der Waals surface area (Å²) in [7, 11) is -3.47. The first kappa shape index (κ1) is 17.4. The summed E-state index contributed by atoms with van der Waals surface area (Å²) < 4.78 is 32.3. The highest BCUT2D eigenvalue weighted by Gasteiger charge is 2.11. The predicted octanol–water partition coefficient (Wildman–Crippen LogP) is 3.94. The highest BCUT2D eigenvalue weighted by molar-refractivity contribution is 7.92. The molecule has 2 aromatic carbocycles. The number of aryl methyl sites for hydroxylation is 1. The summed E-state index contributed by atoms with van der Waals surface area (Å²) in [6.07, 6.45) is 0. The number of sulfonamides is 1. The molecule has 0 bridgehead atoms. The van der Waals surface area contributed by atoms with E-state index >= 15 is 0 Å². The molecule has 0 atom stereocenters. The molecule has 0 aliphatic rings. The maximum Gasteiger partial charge on any atom is 0.236 e. The Bertz CT molecular complexity index is 920. The zero-order valence-corrected chi connectivity index (χ0v) is 15.3. The lowest BCUT2D eigenvalue weighted by atomic mass is 10.1. The first-order chi connectivity index (χ1) is 12.0. The van der Waals surface area contributed by atoms with Gasteiger partial charge in [0.15, 0.2) is 0 Å². The van der Waals surface area contributed by atoms with Crippen LogP contribution in [0.15, 0.2) is 60.0 Å². The van der Waals surface area contributed by atoms with Gasteiger partial charge < -0.3 is 4.74 Å². The third kappa shape index (κ3) is 5.04. The molecule has 0 spiro atoms. The van der Waals surface area contributed by atoms with Gasteiger partial charge in [0.05, 0.1) is 10.7 Å². The van der Waals surface area contributed by atoms with Crippen molar-refractivity contribution >= 4 is 27.0 Å². The molecule has 1 heterocycles. The van der Waals surface area contributed by atoms with Crippen molar-refractivity contribution in [1.29, 1.82) is 0 Å². The van der Waals surface area contributed by atoms with Crippen LogP contribution in [0.5, 0.6) is 5.75 Å². The number of hydrogen-bond acceptors (Lipinski definition) is 5. The van der Waals surface area contributed by atoms with Crippen molar-refractivity contribution in [3.63, 3.8) is 0 Å². The highest BCUT2D eigenvalue weighted by atomic mass is 32.2. The first-order valence-corrected chi connectivity index (χ1v) is 10.3. The number of ether oxygens (including phenoxy) is 1. The van der Waals surface area contributed by atoms with Gasteiger partial charge in [-0.1, -0.05) is 30.3 Å². The van der Waals surface area contributed by atoms with Crippen LogP contribution in [0.3, 0.4) is 0 Å². The molecule has 0 unspecified atom stereocenters. The second-order valence-corrected chi connectivity index (χ2v) is 8.32. The summed E-state index contributed by atoms with van der Waals surface area (Å²) in [6, 6.07) is 16.3. The van der Waals surface area contributed by atoms with Crippen LogP contribution in [0.2, 0.25) is 0 Å². The number of aromatic nitrogens is 1. The summed E-state index contributed by atoms with van der Waals surface area (Å²) in [5.41, 5.74) is 2.38. The minimum absolute atomic E-state index is 0.0928. The van der Waals surface area contributed by atoms with E-state index in [0.29, 0.717) is 11.4 Å². The second kappa shape index (κ2) is 7.67. The molecule has 3 aromatic rings. The van der Waals surface area contributed by atoms with Gasteiger partial charge in [-0.3, -0.25) is 4.72 Å². The summed E-state index contributed by atoms with van der Waals surface area (Å²) >= 11 is 1.58. The van der Waals surface area contributed by atoms with Crippen molar-refractivity contribution in [2.24, 2.45) is 0 Å². The lowest BCUT2D eigenvalue weighted by Gasteiger charge is -2.09. The van der Waals surface area contributed by atoms with E-state index in [1.54, 1.807) is 35.6 Å². The average Bonchev–Trinajstić information content (AvgIpc) is 3.02. The van der Waals surface area contributed by atoms with Gasteiger partial charge in [0.25, 0.3) is 0 Å². The molecule has 0 aliphatic heterocycles. The number of para-hydroxylation sites is 1. The Kier molecular flexibility index (Phi) is 5.35. The van der Waals surface area contributed by atoms with Crippen LogP contribution in [0.1, 0.15) is 5.01 Å². The van der Waals surface area contributed by atoms with Crippen molar-refractivity contribution in [2.45, 2.75) is 6.92 Å². The normalized spacial score (nSPS) is 11.2. The predicted molar refractivity (Wildman–Crippen MR) is 102 cm³/mol. The summed E-state index contributed by atoms with van der Waals surface area (Å²) in [5.74, 6) is 0.537. The Morgan fingerprint density at radius 2 is 1.80 bits per heavy atom. The molecule has 0 saturated heterocycles. The van der Waals surface area contributed by atoms with Crippen LogP contribution >= 0.6 is 11.3 Å². The molecule has 0 aliphatic carbocycles. The molecule has 5 nitrogen and oxygen atoms in total. The molecule has 0 saturated carbocycles. The monoisotopic (exact) mass is 374 g/mol. The van der Waals surface area contributed by atoms with Gasteiger partial charge in [-0.25, -0.2) is 13.4 Å². The number of hydrogen-bond donors (Lipinski definition) is 1. The average molecular weight is 374 g/mol. The molecular weight excluding hydrogens is 356 g/mol. The molecule has 130 valence electrons. The van der Waals surface area contributed by atoms with Crippen LogP contribution in [0.25, 0.3) is 11.3 Å². The van der Waals surface area contributed by atoms with Crippen molar-refractivity contribution in [2.75, 3.05) is 17.1 Å². The maximum atomic E-state index is 12.1. The highest BCUT2D eigenvalue weighted by Crippen LogP contribution is 2.23. The molecule has 7 heteroatoms. The van der Waals surface area contributed by atoms with E-state index in [-0.39, 0.29) is 12.4 Å². The molecule has 3 rings (SSSR count). The fourth-order valence-corrected chi connectivity index (χ4v) is 3.74. The van der Waals surface area contributed by atoms with Gasteiger partial charge in [0.1, 0.15) is 18.1 Å². The van der Waals surface area contributed by atoms with E-state index in [1.807, 2.05) is 42.6 Å². The third-order valence-corrected chi connectivity index (χ3v) is 5.46. The van der Waals surface area contributed by atoms with Crippen molar-refractivity contribution in [3.05, 3.63) is 65.0 Å². The first-order valence-electron chi connectivity index (χ1n) is 7.73. The zero-order chi connectivity index (χ0) is 17.7. The van der Waals surface area contributed by atoms with E-state index in [9.17, 15) is 8.42 Å². The van der Waals surface area contributed by atoms with E-state index < -0.39 is 10.0 Å². The van der Waals surface area contributed by atoms with Gasteiger partial charge in [0, 0.05) is 16.6 Å². The standard InChI is InChI=1S/C18H18N2O3S2/c1-14-19-18(13-24-14)15-7-9-16(10-8-15)20-25(21,22)12-11-23-17-5-3-2-4-6-17/h2-10,13,20H,11-12H2,1H3. The Morgan fingerprint density at radius 1 is 1.08 bits per heavy atom. The minimum atomic E-state index is -3.47. The van der Waals surface area contributed by atoms with Gasteiger partial charge in [-0.05, 0) is 31.2 Å². The fourth-order valence-electron chi connectivity index (χ4n) is 2.22. The van der Waals surface area contributed by atoms with Crippen LogP contribution in [0, 0.1) is 6.92 Å². The van der Waals surface area contributed by atoms with E-state index in [1.165, 1.54) is 0 Å². The Labute approximate surface area is 151 Å². The lowest BCUT2D eigenvalue weighted by molar-refractivity contribution is 0.341. The Balaban J connectivity index is 1.57. The smallest absolute Gasteiger partial charge is 0.236 e. The van der Waals surface area contributed by atoms with E-state index in [4.69, 9.17) is 4.74 Å². The van der Waals surface area contributed by atoms with Crippen LogP contribution in [0.4, 0.5) is 5.69 Å². The van der Waals surface area contributed by atoms with Crippen LogP contribution in [-0.2, 0) is 10.0 Å². The molecule has 1 aromatic heterocycles. The van der Waals surface area contributed by atoms with Gasteiger partial charge >= 0.3 is 0 Å². The number of anilines is 1. The number of nitrogens with one attached hydrogen (secondary N) is 1. The van der Waals surface area contributed by atoms with Crippen molar-refractivity contribution in [3.8, 4) is 17.0 Å². The largest absolute Gasteiger partial charge is 0.492 e. The van der Waals surface area contributed by atoms with Crippen LogP contribution in [-0.4, -0.2) is 25.8 Å². The van der Waals surface area contributed by atoms with Gasteiger partial charge in [-0.15, -0.1) is 11.3 Å². The van der Waals surface area contributed by atoms with E-state index in [0.717, 1.165) is 16.3 Å². The SMILES string of the molecule is Cc1nc(-c2ccc(NS(=O)(=O)CCOc3ccccc3)cc2)cs1. The molecule has 0 radical (unpaired) electrons. The lowest BCUT2D eigenvalue weighted by Crippen LogP contribution is -2.21. The zero-order valence-electron chi connectivity index (χ0n) is 13.7. The third-order valence-electron chi connectivity index (χ3n) is 3.44. The fraction of sp³-hybridized carbons (Fsp3) is 0.167. The van der Waals surface area contributed by atoms with Crippen LogP contribution < -0.4 is 9.46 Å². The van der Waals surface area contributed by atoms with E-state index in [2.05, 4.69) is 9.71 Å². The van der Waals surface area contributed by atoms with Gasteiger partial charge in [0.2, 0.25) is 10.0 Å². The molecule has 0 fully saturated rings. The summed E-state index contributed by atoms with van der Waals surface area (Å²) in [4.78, 5) is 4.42. The minimum Gasteiger partial charge on any atom is -0.492 e. The number of rotatable bonds is 7. The number of benzene rings is 2.